The third kappa shape index (κ3) is 3.96. The first-order chi connectivity index (χ1) is 11.9. The van der Waals surface area contributed by atoms with Gasteiger partial charge in [0.2, 0.25) is 5.91 Å². The summed E-state index contributed by atoms with van der Waals surface area (Å²) in [7, 11) is 0. The van der Waals surface area contributed by atoms with Gasteiger partial charge in [-0.05, 0) is 54.8 Å². The number of carbonyl (C=O) groups is 1. The summed E-state index contributed by atoms with van der Waals surface area (Å²) in [4.78, 5) is 14.3. The Kier molecular flexibility index (Phi) is 4.99. The van der Waals surface area contributed by atoms with Crippen LogP contribution < -0.4 is 11.1 Å². The molecule has 0 unspecified atom stereocenters. The fourth-order valence-corrected chi connectivity index (χ4v) is 3.25. The summed E-state index contributed by atoms with van der Waals surface area (Å²) in [5.41, 5.74) is 8.22. The first-order valence-corrected chi connectivity index (χ1v) is 8.31. The second-order valence-corrected chi connectivity index (χ2v) is 6.34. The largest absolute Gasteiger partial charge is 0.399 e. The molecule has 1 amide bonds. The average molecular weight is 345 g/mol. The van der Waals surface area contributed by atoms with Crippen LogP contribution in [0.3, 0.4) is 0 Å². The predicted molar refractivity (Wildman–Crippen MR) is 94.2 cm³/mol. The second-order valence-electron chi connectivity index (χ2n) is 6.34. The molecule has 132 valence electrons. The van der Waals surface area contributed by atoms with E-state index >= 15 is 0 Å². The zero-order chi connectivity index (χ0) is 18.0. The van der Waals surface area contributed by atoms with E-state index in [1.54, 1.807) is 6.07 Å². The number of nitrogen functional groups attached to an aromatic ring is 1. The molecule has 1 atom stereocenters. The van der Waals surface area contributed by atoms with Crippen molar-refractivity contribution in [1.29, 1.82) is 0 Å². The van der Waals surface area contributed by atoms with E-state index in [9.17, 15) is 13.6 Å². The number of carbonyl (C=O) groups excluding carboxylic acids is 1. The number of nitrogens with two attached hydrogens (primary N) is 1. The molecule has 3 N–H and O–H groups in total. The van der Waals surface area contributed by atoms with Crippen molar-refractivity contribution in [2.75, 3.05) is 24.1 Å². The third-order valence-corrected chi connectivity index (χ3v) is 4.66. The van der Waals surface area contributed by atoms with E-state index in [0.29, 0.717) is 12.2 Å². The van der Waals surface area contributed by atoms with Crippen LogP contribution in [0.15, 0.2) is 36.4 Å². The topological polar surface area (TPSA) is 58.4 Å². The van der Waals surface area contributed by atoms with Gasteiger partial charge in [0.25, 0.3) is 0 Å². The molecular weight excluding hydrogens is 324 g/mol. The Hall–Kier alpha value is -2.47. The van der Waals surface area contributed by atoms with E-state index in [1.807, 2.05) is 13.0 Å². The number of amides is 1. The number of rotatable bonds is 4. The van der Waals surface area contributed by atoms with Crippen molar-refractivity contribution in [2.45, 2.75) is 25.8 Å². The Morgan fingerprint density at radius 2 is 2.08 bits per heavy atom. The van der Waals surface area contributed by atoms with Crippen molar-refractivity contribution in [3.8, 4) is 0 Å². The zero-order valence-corrected chi connectivity index (χ0v) is 14.1. The standard InChI is InChI=1S/C19H21F2N3O/c1-12-16-4-2-14(20)10-13(16)6-8-24(12)9-7-19(25)23-18-11-15(22)3-5-17(18)21/h2-5,10-12H,6-9,22H2,1H3,(H,23,25)/t12-/m0/s1. The summed E-state index contributed by atoms with van der Waals surface area (Å²) in [5.74, 6) is -0.991. The molecule has 0 saturated heterocycles. The summed E-state index contributed by atoms with van der Waals surface area (Å²) < 4.78 is 27.0. The smallest absolute Gasteiger partial charge is 0.225 e. The number of anilines is 2. The Morgan fingerprint density at radius 3 is 2.88 bits per heavy atom. The van der Waals surface area contributed by atoms with Gasteiger partial charge >= 0.3 is 0 Å². The van der Waals surface area contributed by atoms with Gasteiger partial charge in [0.15, 0.2) is 0 Å². The van der Waals surface area contributed by atoms with E-state index in [1.165, 1.54) is 24.3 Å². The highest BCUT2D eigenvalue weighted by atomic mass is 19.1. The Labute approximate surface area is 145 Å². The lowest BCUT2D eigenvalue weighted by Gasteiger charge is -2.35. The van der Waals surface area contributed by atoms with Crippen molar-refractivity contribution < 1.29 is 13.6 Å². The SMILES string of the molecule is C[C@H]1c2ccc(F)cc2CCN1CCC(=O)Nc1cc(N)ccc1F. The number of fused-ring (bicyclic) bond motifs is 1. The lowest BCUT2D eigenvalue weighted by atomic mass is 9.93. The Morgan fingerprint density at radius 1 is 1.28 bits per heavy atom. The number of hydrogen-bond donors (Lipinski definition) is 2. The van der Waals surface area contributed by atoms with Crippen molar-refractivity contribution in [3.63, 3.8) is 0 Å². The summed E-state index contributed by atoms with van der Waals surface area (Å²) >= 11 is 0. The van der Waals surface area contributed by atoms with Crippen LogP contribution in [0.25, 0.3) is 0 Å². The highest BCUT2D eigenvalue weighted by molar-refractivity contribution is 5.91. The molecule has 0 aliphatic carbocycles. The van der Waals surface area contributed by atoms with Gasteiger partial charge in [0, 0.05) is 31.2 Å². The number of nitrogens with one attached hydrogen (secondary N) is 1. The molecule has 4 nitrogen and oxygen atoms in total. The van der Waals surface area contributed by atoms with Gasteiger partial charge in [-0.3, -0.25) is 9.69 Å². The summed E-state index contributed by atoms with van der Waals surface area (Å²) in [6, 6.07) is 9.05. The maximum atomic E-state index is 13.7. The molecule has 2 aromatic carbocycles. The normalized spacial score (nSPS) is 17.2. The zero-order valence-electron chi connectivity index (χ0n) is 14.1. The molecule has 0 radical (unpaired) electrons. The monoisotopic (exact) mass is 345 g/mol. The number of benzene rings is 2. The van der Waals surface area contributed by atoms with Gasteiger partial charge in [-0.25, -0.2) is 8.78 Å². The van der Waals surface area contributed by atoms with Gasteiger partial charge in [-0.2, -0.15) is 0 Å². The van der Waals surface area contributed by atoms with E-state index in [2.05, 4.69) is 10.2 Å². The van der Waals surface area contributed by atoms with Gasteiger partial charge in [0.1, 0.15) is 11.6 Å². The fraction of sp³-hybridized carbons (Fsp3) is 0.316. The minimum absolute atomic E-state index is 0.0949. The molecule has 0 spiro atoms. The Bertz CT molecular complexity index is 794. The second kappa shape index (κ2) is 7.19. The maximum absolute atomic E-state index is 13.7. The number of nitrogens with zero attached hydrogens (tertiary/aromatic N) is 1. The van der Waals surface area contributed by atoms with E-state index < -0.39 is 5.82 Å². The highest BCUT2D eigenvalue weighted by Gasteiger charge is 2.24. The van der Waals surface area contributed by atoms with E-state index in [0.717, 1.165) is 24.1 Å². The molecule has 1 heterocycles. The first-order valence-electron chi connectivity index (χ1n) is 8.31. The van der Waals surface area contributed by atoms with Crippen LogP contribution in [0.4, 0.5) is 20.2 Å². The molecule has 0 bridgehead atoms. The summed E-state index contributed by atoms with van der Waals surface area (Å²) in [6.45, 7) is 3.36. The molecule has 2 aromatic rings. The van der Waals surface area contributed by atoms with Crippen LogP contribution in [-0.2, 0) is 11.2 Å². The average Bonchev–Trinajstić information content (AvgIpc) is 2.57. The van der Waals surface area contributed by atoms with Crippen molar-refractivity contribution >= 4 is 17.3 Å². The van der Waals surface area contributed by atoms with Crippen LogP contribution >= 0.6 is 0 Å². The highest BCUT2D eigenvalue weighted by Crippen LogP contribution is 2.29. The van der Waals surface area contributed by atoms with Crippen LogP contribution in [0.5, 0.6) is 0 Å². The molecular formula is C19H21F2N3O. The van der Waals surface area contributed by atoms with Crippen LogP contribution in [-0.4, -0.2) is 23.9 Å². The summed E-state index contributed by atoms with van der Waals surface area (Å²) in [6.07, 6.45) is 0.998. The molecule has 6 heteroatoms. The molecule has 1 aliphatic heterocycles. The van der Waals surface area contributed by atoms with E-state index in [4.69, 9.17) is 5.73 Å². The minimum atomic E-state index is -0.509. The quantitative estimate of drug-likeness (QED) is 0.834. The van der Waals surface area contributed by atoms with Crippen molar-refractivity contribution in [1.82, 2.24) is 4.90 Å². The van der Waals surface area contributed by atoms with Crippen LogP contribution in [0.1, 0.15) is 30.5 Å². The molecule has 0 fully saturated rings. The van der Waals surface area contributed by atoms with Gasteiger partial charge < -0.3 is 11.1 Å². The lowest BCUT2D eigenvalue weighted by molar-refractivity contribution is -0.116. The summed E-state index contributed by atoms with van der Waals surface area (Å²) in [5, 5.41) is 2.56. The lowest BCUT2D eigenvalue weighted by Crippen LogP contribution is -2.36. The van der Waals surface area contributed by atoms with E-state index in [-0.39, 0.29) is 29.9 Å². The first kappa shape index (κ1) is 17.4. The molecule has 3 rings (SSSR count). The predicted octanol–water partition coefficient (Wildman–Crippen LogP) is 3.49. The molecule has 1 aliphatic rings. The fourth-order valence-electron chi connectivity index (χ4n) is 3.25. The Balaban J connectivity index is 1.59. The van der Waals surface area contributed by atoms with Crippen molar-refractivity contribution in [3.05, 3.63) is 59.2 Å². The number of hydrogen-bond acceptors (Lipinski definition) is 3. The van der Waals surface area contributed by atoms with Gasteiger partial charge in [-0.1, -0.05) is 6.07 Å². The molecule has 25 heavy (non-hydrogen) atoms. The van der Waals surface area contributed by atoms with Gasteiger partial charge in [-0.15, -0.1) is 0 Å². The maximum Gasteiger partial charge on any atom is 0.225 e. The van der Waals surface area contributed by atoms with Crippen LogP contribution in [0.2, 0.25) is 0 Å². The van der Waals surface area contributed by atoms with Crippen molar-refractivity contribution in [2.24, 2.45) is 0 Å². The third-order valence-electron chi connectivity index (χ3n) is 4.66. The minimum Gasteiger partial charge on any atom is -0.399 e. The number of halogens is 2. The van der Waals surface area contributed by atoms with Crippen LogP contribution in [0, 0.1) is 11.6 Å². The molecule has 0 saturated carbocycles. The molecule has 0 aromatic heterocycles. The van der Waals surface area contributed by atoms with Gasteiger partial charge in [0.05, 0.1) is 5.69 Å².